The summed E-state index contributed by atoms with van der Waals surface area (Å²) in [5, 5.41) is 0. The van der Waals surface area contributed by atoms with E-state index in [1.165, 1.54) is 6.07 Å². The predicted molar refractivity (Wildman–Crippen MR) is 120 cm³/mol. The van der Waals surface area contributed by atoms with E-state index in [1.807, 2.05) is 31.2 Å². The van der Waals surface area contributed by atoms with E-state index in [1.54, 1.807) is 41.4 Å². The Bertz CT molecular complexity index is 1080. The average molecular weight is 435 g/mol. The highest BCUT2D eigenvalue weighted by molar-refractivity contribution is 5.96. The van der Waals surface area contributed by atoms with Crippen molar-refractivity contribution in [1.29, 1.82) is 0 Å². The molecule has 0 radical (unpaired) electrons. The fourth-order valence-corrected chi connectivity index (χ4v) is 3.65. The number of carbonyl (C=O) groups is 1. The van der Waals surface area contributed by atoms with Crippen molar-refractivity contribution < 1.29 is 18.7 Å². The van der Waals surface area contributed by atoms with Gasteiger partial charge in [-0.15, -0.1) is 0 Å². The summed E-state index contributed by atoms with van der Waals surface area (Å²) in [6.07, 6.45) is 1.60. The lowest BCUT2D eigenvalue weighted by Crippen LogP contribution is -2.39. The third kappa shape index (κ3) is 5.06. The van der Waals surface area contributed by atoms with Gasteiger partial charge in [0.05, 0.1) is 0 Å². The second-order valence-corrected chi connectivity index (χ2v) is 7.51. The number of amides is 1. The summed E-state index contributed by atoms with van der Waals surface area (Å²) in [6, 6.07) is 17.5. The van der Waals surface area contributed by atoms with Gasteiger partial charge in [0.25, 0.3) is 5.91 Å². The molecule has 0 aliphatic carbocycles. The minimum Gasteiger partial charge on any atom is -0.488 e. The average Bonchev–Trinajstić information content (AvgIpc) is 2.82. The molecule has 1 aliphatic rings. The molecule has 0 saturated carbocycles. The Morgan fingerprint density at radius 2 is 1.75 bits per heavy atom. The van der Waals surface area contributed by atoms with E-state index in [0.29, 0.717) is 62.0 Å². The van der Waals surface area contributed by atoms with Gasteiger partial charge in [0.2, 0.25) is 5.88 Å². The zero-order valence-corrected chi connectivity index (χ0v) is 18.0. The molecule has 1 aliphatic heterocycles. The molecule has 6 nitrogen and oxygen atoms in total. The largest absolute Gasteiger partial charge is 0.488 e. The van der Waals surface area contributed by atoms with Gasteiger partial charge in [0.1, 0.15) is 18.0 Å². The summed E-state index contributed by atoms with van der Waals surface area (Å²) in [5.41, 5.74) is 1.01. The third-order valence-corrected chi connectivity index (χ3v) is 5.43. The number of nitrogens with zero attached hydrogens (tertiary/aromatic N) is 3. The molecule has 32 heavy (non-hydrogen) atoms. The monoisotopic (exact) mass is 435 g/mol. The van der Waals surface area contributed by atoms with Gasteiger partial charge < -0.3 is 14.4 Å². The Balaban J connectivity index is 1.65. The predicted octanol–water partition coefficient (Wildman–Crippen LogP) is 4.37. The van der Waals surface area contributed by atoms with E-state index in [4.69, 9.17) is 9.47 Å². The van der Waals surface area contributed by atoms with E-state index in [0.717, 1.165) is 0 Å². The lowest BCUT2D eigenvalue weighted by molar-refractivity contribution is 0.0736. The minimum atomic E-state index is -0.237. The molecule has 0 bridgehead atoms. The van der Waals surface area contributed by atoms with Crippen molar-refractivity contribution in [2.75, 3.05) is 32.8 Å². The van der Waals surface area contributed by atoms with E-state index >= 15 is 0 Å². The molecule has 3 aromatic rings. The maximum absolute atomic E-state index is 14.3. The third-order valence-electron chi connectivity index (χ3n) is 5.43. The summed E-state index contributed by atoms with van der Waals surface area (Å²) in [4.78, 5) is 21.4. The van der Waals surface area contributed by atoms with Crippen molar-refractivity contribution in [1.82, 2.24) is 14.8 Å². The molecule has 4 rings (SSSR count). The number of ether oxygens (including phenoxy) is 2. The summed E-state index contributed by atoms with van der Waals surface area (Å²) in [7, 11) is 0. The molecule has 0 fully saturated rings. The molecule has 2 aromatic carbocycles. The number of hydrogen-bond donors (Lipinski definition) is 0. The zero-order valence-electron chi connectivity index (χ0n) is 18.0. The molecule has 0 spiro atoms. The Kier molecular flexibility index (Phi) is 6.97. The molecule has 2 heterocycles. The Morgan fingerprint density at radius 3 is 2.56 bits per heavy atom. The van der Waals surface area contributed by atoms with Crippen LogP contribution in [0, 0.1) is 5.82 Å². The van der Waals surface area contributed by atoms with Crippen molar-refractivity contribution >= 4 is 5.91 Å². The number of hydrogen-bond acceptors (Lipinski definition) is 5. The standard InChI is InChI=1S/C25H26FN3O3/c1-2-29-15-14-28(18-19-8-3-4-10-21(19)26)16-17-31-22-11-5-6-12-23(22)32-24-20(25(29)30)9-7-13-27-24/h3-13H,2,14-18H2,1H3. The molecule has 1 aromatic heterocycles. The van der Waals surface area contributed by atoms with Crippen LogP contribution in [0.25, 0.3) is 0 Å². The van der Waals surface area contributed by atoms with Crippen LogP contribution in [-0.2, 0) is 6.54 Å². The fourth-order valence-electron chi connectivity index (χ4n) is 3.65. The minimum absolute atomic E-state index is 0.154. The maximum atomic E-state index is 14.3. The number of pyridine rings is 1. The van der Waals surface area contributed by atoms with Crippen LogP contribution in [0.5, 0.6) is 17.4 Å². The van der Waals surface area contributed by atoms with Crippen molar-refractivity contribution in [3.05, 3.63) is 83.8 Å². The van der Waals surface area contributed by atoms with Crippen LogP contribution >= 0.6 is 0 Å². The van der Waals surface area contributed by atoms with Crippen LogP contribution in [0.3, 0.4) is 0 Å². The van der Waals surface area contributed by atoms with Gasteiger partial charge in [0.15, 0.2) is 11.5 Å². The molecule has 166 valence electrons. The van der Waals surface area contributed by atoms with Gasteiger partial charge in [-0.1, -0.05) is 30.3 Å². The highest BCUT2D eigenvalue weighted by Gasteiger charge is 2.22. The number of fused-ring (bicyclic) bond motifs is 2. The molecular weight excluding hydrogens is 409 g/mol. The second kappa shape index (κ2) is 10.2. The van der Waals surface area contributed by atoms with E-state index < -0.39 is 0 Å². The van der Waals surface area contributed by atoms with Gasteiger partial charge in [-0.05, 0) is 37.3 Å². The smallest absolute Gasteiger partial charge is 0.259 e. The number of benzene rings is 2. The van der Waals surface area contributed by atoms with Crippen LogP contribution in [-0.4, -0.2) is 53.5 Å². The number of carbonyl (C=O) groups excluding carboxylic acids is 1. The van der Waals surface area contributed by atoms with E-state index in [2.05, 4.69) is 9.88 Å². The second-order valence-electron chi connectivity index (χ2n) is 7.51. The summed E-state index contributed by atoms with van der Waals surface area (Å²) < 4.78 is 26.3. The highest BCUT2D eigenvalue weighted by Crippen LogP contribution is 2.32. The molecule has 1 amide bonds. The van der Waals surface area contributed by atoms with Gasteiger partial charge in [-0.25, -0.2) is 9.37 Å². The Labute approximate surface area is 187 Å². The summed E-state index contributed by atoms with van der Waals surface area (Å²) >= 11 is 0. The molecule has 0 unspecified atom stereocenters. The van der Waals surface area contributed by atoms with Crippen LogP contribution in [0.4, 0.5) is 4.39 Å². The molecule has 0 atom stereocenters. The number of rotatable bonds is 3. The van der Waals surface area contributed by atoms with Gasteiger partial charge >= 0.3 is 0 Å². The number of aromatic nitrogens is 1. The molecule has 0 saturated heterocycles. The summed E-state index contributed by atoms with van der Waals surface area (Å²) in [6.45, 7) is 4.93. The summed E-state index contributed by atoms with van der Waals surface area (Å²) in [5.74, 6) is 0.907. The van der Waals surface area contributed by atoms with Crippen LogP contribution < -0.4 is 9.47 Å². The van der Waals surface area contributed by atoms with Crippen molar-refractivity contribution in [2.24, 2.45) is 0 Å². The maximum Gasteiger partial charge on any atom is 0.259 e. The first-order valence-electron chi connectivity index (χ1n) is 10.8. The van der Waals surface area contributed by atoms with Crippen molar-refractivity contribution in [2.45, 2.75) is 13.5 Å². The fraction of sp³-hybridized carbons (Fsp3) is 0.280. The van der Waals surface area contributed by atoms with Crippen LogP contribution in [0.15, 0.2) is 66.9 Å². The molecule has 7 heteroatoms. The van der Waals surface area contributed by atoms with Crippen LogP contribution in [0.2, 0.25) is 0 Å². The number of halogens is 1. The lowest BCUT2D eigenvalue weighted by Gasteiger charge is -2.27. The van der Waals surface area contributed by atoms with Crippen molar-refractivity contribution in [3.8, 4) is 17.4 Å². The Hall–Kier alpha value is -3.45. The quantitative estimate of drug-likeness (QED) is 0.612. The topological polar surface area (TPSA) is 54.9 Å². The van der Waals surface area contributed by atoms with E-state index in [9.17, 15) is 9.18 Å². The first-order valence-corrected chi connectivity index (χ1v) is 10.8. The van der Waals surface area contributed by atoms with Gasteiger partial charge in [-0.2, -0.15) is 0 Å². The lowest BCUT2D eigenvalue weighted by atomic mass is 10.2. The number of para-hydroxylation sites is 2. The Morgan fingerprint density at radius 1 is 0.969 bits per heavy atom. The van der Waals surface area contributed by atoms with E-state index in [-0.39, 0.29) is 17.6 Å². The van der Waals surface area contributed by atoms with Gasteiger partial charge in [-0.3, -0.25) is 9.69 Å². The molecular formula is C25H26FN3O3. The number of likely N-dealkylation sites (N-methyl/N-ethyl adjacent to an activating group) is 1. The normalized spacial score (nSPS) is 15.3. The highest BCUT2D eigenvalue weighted by atomic mass is 19.1. The molecule has 0 N–H and O–H groups in total. The van der Waals surface area contributed by atoms with Crippen LogP contribution in [0.1, 0.15) is 22.8 Å². The van der Waals surface area contributed by atoms with Crippen molar-refractivity contribution in [3.63, 3.8) is 0 Å². The first kappa shape index (κ1) is 21.8. The first-order chi connectivity index (χ1) is 15.7. The SMILES string of the molecule is CCN1CCN(Cc2ccccc2F)CCOc2ccccc2Oc2ncccc2C1=O. The zero-order chi connectivity index (χ0) is 22.3. The van der Waals surface area contributed by atoms with Gasteiger partial charge in [0, 0.05) is 44.5 Å².